The second-order valence-electron chi connectivity index (χ2n) is 2.93. The topological polar surface area (TPSA) is 61.0 Å². The fourth-order valence-corrected chi connectivity index (χ4v) is 1.84. The van der Waals surface area contributed by atoms with Crippen molar-refractivity contribution >= 4 is 37.7 Å². The van der Waals surface area contributed by atoms with Gasteiger partial charge in [0.15, 0.2) is 0 Å². The molecule has 2 N–H and O–H groups in total. The SMILES string of the molecule is Nc1cc(Br)nc(Oc2ccccc2Br)n1. The minimum absolute atomic E-state index is 0.207. The molecule has 4 nitrogen and oxygen atoms in total. The molecule has 0 radical (unpaired) electrons. The Labute approximate surface area is 109 Å². The smallest absolute Gasteiger partial charge is 0.325 e. The molecule has 6 heteroatoms. The summed E-state index contributed by atoms with van der Waals surface area (Å²) in [6, 6.07) is 9.25. The lowest BCUT2D eigenvalue weighted by atomic mass is 10.3. The molecule has 1 aromatic heterocycles. The van der Waals surface area contributed by atoms with Crippen molar-refractivity contribution in [3.8, 4) is 11.8 Å². The van der Waals surface area contributed by atoms with Gasteiger partial charge in [-0.15, -0.1) is 0 Å². The number of nitrogens with two attached hydrogens (primary N) is 1. The van der Waals surface area contributed by atoms with Gasteiger partial charge in [-0.25, -0.2) is 0 Å². The van der Waals surface area contributed by atoms with E-state index in [2.05, 4.69) is 41.8 Å². The van der Waals surface area contributed by atoms with Crippen LogP contribution in [0.25, 0.3) is 0 Å². The summed E-state index contributed by atoms with van der Waals surface area (Å²) in [6.45, 7) is 0. The highest BCUT2D eigenvalue weighted by Crippen LogP contribution is 2.28. The molecule has 0 unspecified atom stereocenters. The Morgan fingerprint density at radius 3 is 2.56 bits per heavy atom. The Morgan fingerprint density at radius 1 is 1.12 bits per heavy atom. The second-order valence-corrected chi connectivity index (χ2v) is 4.60. The van der Waals surface area contributed by atoms with Crippen LogP contribution in [0.5, 0.6) is 11.8 Å². The van der Waals surface area contributed by atoms with Crippen LogP contribution in [-0.2, 0) is 0 Å². The summed E-state index contributed by atoms with van der Waals surface area (Å²) >= 11 is 6.59. The van der Waals surface area contributed by atoms with Crippen LogP contribution in [0.15, 0.2) is 39.4 Å². The fourth-order valence-electron chi connectivity index (χ4n) is 1.08. The van der Waals surface area contributed by atoms with Crippen LogP contribution in [0.3, 0.4) is 0 Å². The summed E-state index contributed by atoms with van der Waals surface area (Å²) in [5.41, 5.74) is 5.58. The molecule has 1 heterocycles. The Hall–Kier alpha value is -1.14. The van der Waals surface area contributed by atoms with E-state index in [1.165, 1.54) is 0 Å². The lowest BCUT2D eigenvalue weighted by Gasteiger charge is -2.06. The third-order valence-electron chi connectivity index (χ3n) is 1.73. The molecule has 0 aliphatic heterocycles. The summed E-state index contributed by atoms with van der Waals surface area (Å²) in [4.78, 5) is 8.02. The third-order valence-corrected chi connectivity index (χ3v) is 2.79. The van der Waals surface area contributed by atoms with Gasteiger partial charge in [0.25, 0.3) is 0 Å². The maximum absolute atomic E-state index is 5.58. The monoisotopic (exact) mass is 343 g/mol. The van der Waals surface area contributed by atoms with Crippen LogP contribution in [-0.4, -0.2) is 9.97 Å². The van der Waals surface area contributed by atoms with E-state index in [1.54, 1.807) is 6.07 Å². The number of hydrogen-bond acceptors (Lipinski definition) is 4. The van der Waals surface area contributed by atoms with Gasteiger partial charge >= 0.3 is 6.01 Å². The maximum Gasteiger partial charge on any atom is 0.325 e. The van der Waals surface area contributed by atoms with E-state index in [0.29, 0.717) is 16.2 Å². The van der Waals surface area contributed by atoms with E-state index in [-0.39, 0.29) is 6.01 Å². The van der Waals surface area contributed by atoms with Crippen LogP contribution in [0.1, 0.15) is 0 Å². The predicted molar refractivity (Wildman–Crippen MR) is 68.4 cm³/mol. The number of para-hydroxylation sites is 1. The molecule has 2 rings (SSSR count). The fraction of sp³-hybridized carbons (Fsp3) is 0. The highest BCUT2D eigenvalue weighted by atomic mass is 79.9. The third kappa shape index (κ3) is 2.70. The Kier molecular flexibility index (Phi) is 3.40. The average Bonchev–Trinajstić information content (AvgIpc) is 2.20. The zero-order valence-corrected chi connectivity index (χ0v) is 11.2. The minimum Gasteiger partial charge on any atom is -0.423 e. The molecule has 0 aliphatic carbocycles. The van der Waals surface area contributed by atoms with Crippen LogP contribution in [0.4, 0.5) is 5.82 Å². The van der Waals surface area contributed by atoms with E-state index in [1.807, 2.05) is 24.3 Å². The lowest BCUT2D eigenvalue weighted by molar-refractivity contribution is 0.439. The summed E-state index contributed by atoms with van der Waals surface area (Å²) < 4.78 is 6.91. The molecule has 0 aliphatic rings. The number of aromatic nitrogens is 2. The first-order chi connectivity index (χ1) is 7.65. The van der Waals surface area contributed by atoms with E-state index in [0.717, 1.165) is 4.47 Å². The second kappa shape index (κ2) is 4.80. The Bertz CT molecular complexity index is 499. The van der Waals surface area contributed by atoms with Gasteiger partial charge in [-0.05, 0) is 44.0 Å². The molecule has 0 spiro atoms. The minimum atomic E-state index is 0.207. The average molecular weight is 345 g/mol. The molecule has 16 heavy (non-hydrogen) atoms. The summed E-state index contributed by atoms with van der Waals surface area (Å²) in [6.07, 6.45) is 0. The van der Waals surface area contributed by atoms with Gasteiger partial charge in [0, 0.05) is 6.07 Å². The molecule has 0 atom stereocenters. The number of hydrogen-bond donors (Lipinski definition) is 1. The van der Waals surface area contributed by atoms with Crippen molar-refractivity contribution in [3.63, 3.8) is 0 Å². The van der Waals surface area contributed by atoms with Crippen molar-refractivity contribution in [1.29, 1.82) is 0 Å². The van der Waals surface area contributed by atoms with Crippen LogP contribution in [0.2, 0.25) is 0 Å². The van der Waals surface area contributed by atoms with Gasteiger partial charge in [-0.3, -0.25) is 0 Å². The normalized spacial score (nSPS) is 10.1. The highest BCUT2D eigenvalue weighted by molar-refractivity contribution is 9.10. The van der Waals surface area contributed by atoms with Crippen molar-refractivity contribution < 1.29 is 4.74 Å². The molecule has 0 fully saturated rings. The zero-order chi connectivity index (χ0) is 11.5. The van der Waals surface area contributed by atoms with Crippen molar-refractivity contribution in [2.75, 3.05) is 5.73 Å². The number of benzene rings is 1. The van der Waals surface area contributed by atoms with E-state index in [9.17, 15) is 0 Å². The molecule has 0 saturated heterocycles. The van der Waals surface area contributed by atoms with Gasteiger partial charge < -0.3 is 10.5 Å². The first-order valence-corrected chi connectivity index (χ1v) is 5.96. The molecule has 2 aromatic rings. The van der Waals surface area contributed by atoms with Gasteiger partial charge in [-0.1, -0.05) is 12.1 Å². The Morgan fingerprint density at radius 2 is 1.88 bits per heavy atom. The molecular weight excluding hydrogens is 338 g/mol. The lowest BCUT2D eigenvalue weighted by Crippen LogP contribution is -1.97. The van der Waals surface area contributed by atoms with E-state index >= 15 is 0 Å². The van der Waals surface area contributed by atoms with Crippen LogP contribution >= 0.6 is 31.9 Å². The van der Waals surface area contributed by atoms with Gasteiger partial charge in [0.1, 0.15) is 16.2 Å². The number of nitrogens with zero attached hydrogens (tertiary/aromatic N) is 2. The quantitative estimate of drug-likeness (QED) is 0.848. The highest BCUT2D eigenvalue weighted by Gasteiger charge is 2.05. The molecule has 1 aromatic carbocycles. The van der Waals surface area contributed by atoms with Gasteiger partial charge in [-0.2, -0.15) is 9.97 Å². The zero-order valence-electron chi connectivity index (χ0n) is 8.02. The number of rotatable bonds is 2. The van der Waals surface area contributed by atoms with Crippen molar-refractivity contribution in [1.82, 2.24) is 9.97 Å². The van der Waals surface area contributed by atoms with Gasteiger partial charge in [0.05, 0.1) is 4.47 Å². The molecule has 0 saturated carbocycles. The largest absolute Gasteiger partial charge is 0.423 e. The number of nitrogen functional groups attached to an aromatic ring is 1. The number of ether oxygens (including phenoxy) is 1. The number of anilines is 1. The standard InChI is InChI=1S/C10H7Br2N3O/c11-6-3-1-2-4-7(6)16-10-14-8(12)5-9(13)15-10/h1-5H,(H2,13,14,15). The first kappa shape index (κ1) is 11.3. The van der Waals surface area contributed by atoms with E-state index in [4.69, 9.17) is 10.5 Å². The predicted octanol–water partition coefficient (Wildman–Crippen LogP) is 3.38. The maximum atomic E-state index is 5.58. The summed E-state index contributed by atoms with van der Waals surface area (Å²) in [5, 5.41) is 0. The summed E-state index contributed by atoms with van der Waals surface area (Å²) in [7, 11) is 0. The van der Waals surface area contributed by atoms with Crippen molar-refractivity contribution in [2.24, 2.45) is 0 Å². The van der Waals surface area contributed by atoms with Crippen molar-refractivity contribution in [2.45, 2.75) is 0 Å². The molecule has 0 amide bonds. The molecule has 0 bridgehead atoms. The van der Waals surface area contributed by atoms with Crippen LogP contribution < -0.4 is 10.5 Å². The van der Waals surface area contributed by atoms with E-state index < -0.39 is 0 Å². The van der Waals surface area contributed by atoms with Crippen LogP contribution in [0, 0.1) is 0 Å². The number of halogens is 2. The molecular formula is C10H7Br2N3O. The van der Waals surface area contributed by atoms with Crippen molar-refractivity contribution in [3.05, 3.63) is 39.4 Å². The summed E-state index contributed by atoms with van der Waals surface area (Å²) in [5.74, 6) is 0.990. The van der Waals surface area contributed by atoms with Gasteiger partial charge in [0.2, 0.25) is 0 Å². The first-order valence-electron chi connectivity index (χ1n) is 4.37. The Balaban J connectivity index is 2.30. The molecule has 82 valence electrons.